The van der Waals surface area contributed by atoms with Gasteiger partial charge in [-0.05, 0) is 31.7 Å². The molecule has 0 saturated heterocycles. The van der Waals surface area contributed by atoms with Gasteiger partial charge in [0.25, 0.3) is 0 Å². The second kappa shape index (κ2) is 9.97. The predicted molar refractivity (Wildman–Crippen MR) is 75.5 cm³/mol. The molecule has 1 aromatic heterocycles. The average Bonchev–Trinajstić information content (AvgIpc) is 2.39. The Bertz CT molecular complexity index is 596. The van der Waals surface area contributed by atoms with E-state index in [9.17, 15) is 9.18 Å². The molecule has 0 bridgehead atoms. The van der Waals surface area contributed by atoms with E-state index in [1.807, 2.05) is 18.2 Å². The molecule has 113 valence electrons. The number of halogens is 1. The van der Waals surface area contributed by atoms with Crippen LogP contribution in [-0.2, 0) is 24.9 Å². The Labute approximate surface area is 136 Å². The molecule has 1 radical (unpaired) electrons. The molecule has 0 aliphatic rings. The van der Waals surface area contributed by atoms with Gasteiger partial charge in [-0.3, -0.25) is 4.79 Å². The minimum Gasteiger partial charge on any atom is -0.512 e. The fraction of sp³-hybridized carbons (Fsp3) is 0.125. The van der Waals surface area contributed by atoms with E-state index in [0.29, 0.717) is 5.69 Å². The Morgan fingerprint density at radius 2 is 2.05 bits per heavy atom. The van der Waals surface area contributed by atoms with E-state index < -0.39 is 0 Å². The van der Waals surface area contributed by atoms with Gasteiger partial charge in [0, 0.05) is 32.4 Å². The van der Waals surface area contributed by atoms with Gasteiger partial charge in [-0.1, -0.05) is 0 Å². The van der Waals surface area contributed by atoms with Crippen LogP contribution in [0.25, 0.3) is 11.3 Å². The molecule has 0 unspecified atom stereocenters. The third kappa shape index (κ3) is 8.12. The smallest absolute Gasteiger partial charge is 0.155 e. The summed E-state index contributed by atoms with van der Waals surface area (Å²) in [5.74, 6) is -0.338. The van der Waals surface area contributed by atoms with E-state index >= 15 is 0 Å². The van der Waals surface area contributed by atoms with Crippen molar-refractivity contribution in [2.24, 2.45) is 0 Å². The first kappa shape index (κ1) is 19.2. The molecule has 5 heteroatoms. The number of hydrogen-bond acceptors (Lipinski definition) is 3. The third-order valence-corrected chi connectivity index (χ3v) is 2.12. The Balaban J connectivity index is 0.000000436. The molecule has 2 rings (SSSR count). The zero-order chi connectivity index (χ0) is 15.0. The van der Waals surface area contributed by atoms with Crippen LogP contribution in [0.3, 0.4) is 0 Å². The molecule has 1 N–H and O–H groups in total. The molecule has 0 atom stereocenters. The molecular formula is C16H15FIrNO2-. The molecule has 21 heavy (non-hydrogen) atoms. The SMILES string of the molecule is CC(=O)/C=C(/C)O.Fc1ccnc(-c2[c-]cccc2)c1.[Ir]. The first-order chi connectivity index (χ1) is 9.49. The first-order valence-electron chi connectivity index (χ1n) is 5.95. The number of aromatic nitrogens is 1. The summed E-state index contributed by atoms with van der Waals surface area (Å²) in [6.45, 7) is 2.85. The fourth-order valence-electron chi connectivity index (χ4n) is 1.40. The second-order valence-electron chi connectivity index (χ2n) is 4.03. The van der Waals surface area contributed by atoms with E-state index in [2.05, 4.69) is 11.1 Å². The fourth-order valence-corrected chi connectivity index (χ4v) is 1.40. The molecule has 0 saturated carbocycles. The van der Waals surface area contributed by atoms with Crippen molar-refractivity contribution in [3.8, 4) is 11.3 Å². The molecule has 0 aliphatic carbocycles. The first-order valence-corrected chi connectivity index (χ1v) is 5.95. The minimum atomic E-state index is -0.276. The largest absolute Gasteiger partial charge is 0.512 e. The molecule has 3 nitrogen and oxygen atoms in total. The van der Waals surface area contributed by atoms with Crippen LogP contribution >= 0.6 is 0 Å². The van der Waals surface area contributed by atoms with Crippen LogP contribution in [0, 0.1) is 11.9 Å². The topological polar surface area (TPSA) is 50.2 Å². The Kier molecular flexibility index (Phi) is 9.10. The summed E-state index contributed by atoms with van der Waals surface area (Å²) in [7, 11) is 0. The summed E-state index contributed by atoms with van der Waals surface area (Å²) in [5.41, 5.74) is 1.42. The number of ketones is 1. The number of benzene rings is 1. The van der Waals surface area contributed by atoms with E-state index in [0.717, 1.165) is 5.56 Å². The molecule has 0 spiro atoms. The molecular weight excluding hydrogens is 449 g/mol. The summed E-state index contributed by atoms with van der Waals surface area (Å²) in [5, 5.41) is 8.36. The number of allylic oxidation sites excluding steroid dienone is 2. The van der Waals surface area contributed by atoms with Gasteiger partial charge in [-0.25, -0.2) is 4.39 Å². The average molecular weight is 465 g/mol. The maximum absolute atomic E-state index is 12.8. The molecule has 2 aromatic rings. The van der Waals surface area contributed by atoms with Gasteiger partial charge in [0.05, 0.1) is 5.76 Å². The van der Waals surface area contributed by atoms with Gasteiger partial charge >= 0.3 is 0 Å². The van der Waals surface area contributed by atoms with Gasteiger partial charge in [-0.15, -0.1) is 35.9 Å². The number of rotatable bonds is 2. The predicted octanol–water partition coefficient (Wildman–Crippen LogP) is 3.72. The van der Waals surface area contributed by atoms with Gasteiger partial charge in [0.1, 0.15) is 5.82 Å². The Morgan fingerprint density at radius 1 is 1.33 bits per heavy atom. The Morgan fingerprint density at radius 3 is 2.48 bits per heavy atom. The van der Waals surface area contributed by atoms with Crippen molar-refractivity contribution in [2.45, 2.75) is 13.8 Å². The third-order valence-electron chi connectivity index (χ3n) is 2.12. The normalized spacial score (nSPS) is 9.95. The monoisotopic (exact) mass is 465 g/mol. The van der Waals surface area contributed by atoms with Crippen molar-refractivity contribution >= 4 is 5.78 Å². The Hall–Kier alpha value is -1.84. The van der Waals surface area contributed by atoms with Crippen LogP contribution in [0.2, 0.25) is 0 Å². The van der Waals surface area contributed by atoms with E-state index in [1.54, 1.807) is 6.07 Å². The van der Waals surface area contributed by atoms with Gasteiger partial charge in [0.15, 0.2) is 5.78 Å². The number of hydrogen-bond donors (Lipinski definition) is 1. The molecule has 1 aromatic carbocycles. The zero-order valence-electron chi connectivity index (χ0n) is 11.6. The summed E-state index contributed by atoms with van der Waals surface area (Å²) >= 11 is 0. The van der Waals surface area contributed by atoms with Gasteiger partial charge in [0.2, 0.25) is 0 Å². The minimum absolute atomic E-state index is 0. The van der Waals surface area contributed by atoms with Crippen molar-refractivity contribution < 1.29 is 34.4 Å². The summed E-state index contributed by atoms with van der Waals surface area (Å²) in [6.07, 6.45) is 2.62. The number of aliphatic hydroxyl groups is 1. The maximum atomic E-state index is 12.8. The van der Waals surface area contributed by atoms with Crippen molar-refractivity contribution in [3.63, 3.8) is 0 Å². The zero-order valence-corrected chi connectivity index (χ0v) is 14.0. The second-order valence-corrected chi connectivity index (χ2v) is 4.03. The van der Waals surface area contributed by atoms with Crippen molar-refractivity contribution in [2.75, 3.05) is 0 Å². The van der Waals surface area contributed by atoms with Crippen LogP contribution < -0.4 is 0 Å². The van der Waals surface area contributed by atoms with Gasteiger partial charge in [-0.2, -0.15) is 0 Å². The number of carbonyl (C=O) groups is 1. The van der Waals surface area contributed by atoms with E-state index in [1.165, 1.54) is 38.3 Å². The molecule has 0 aliphatic heterocycles. The van der Waals surface area contributed by atoms with Crippen LogP contribution in [0.1, 0.15) is 13.8 Å². The molecule has 0 amide bonds. The van der Waals surface area contributed by atoms with Crippen LogP contribution in [-0.4, -0.2) is 15.9 Å². The number of carbonyl (C=O) groups excluding carboxylic acids is 1. The summed E-state index contributed by atoms with van der Waals surface area (Å²) in [4.78, 5) is 14.1. The number of nitrogens with zero attached hydrogens (tertiary/aromatic N) is 1. The number of pyridine rings is 1. The summed E-state index contributed by atoms with van der Waals surface area (Å²) in [6, 6.07) is 13.1. The summed E-state index contributed by atoms with van der Waals surface area (Å²) < 4.78 is 12.8. The quantitative estimate of drug-likeness (QED) is 0.419. The molecule has 1 heterocycles. The van der Waals surface area contributed by atoms with Crippen molar-refractivity contribution in [3.05, 3.63) is 66.3 Å². The number of aliphatic hydroxyl groups excluding tert-OH is 1. The van der Waals surface area contributed by atoms with Crippen molar-refractivity contribution in [1.82, 2.24) is 4.98 Å². The van der Waals surface area contributed by atoms with E-state index in [-0.39, 0.29) is 37.5 Å². The van der Waals surface area contributed by atoms with Crippen LogP contribution in [0.15, 0.2) is 54.4 Å². The maximum Gasteiger partial charge on any atom is 0.155 e. The standard InChI is InChI=1S/C11H7FN.C5H8O2.Ir/c12-10-6-7-13-11(8-10)9-4-2-1-3-5-9;1-4(6)3-5(2)7;/h1-4,6-8H;3,6H,1-2H3;/q-1;;/b;4-3-;. The van der Waals surface area contributed by atoms with E-state index in [4.69, 9.17) is 5.11 Å². The van der Waals surface area contributed by atoms with Crippen LogP contribution in [0.5, 0.6) is 0 Å². The molecule has 0 fully saturated rings. The van der Waals surface area contributed by atoms with Crippen LogP contribution in [0.4, 0.5) is 4.39 Å². The van der Waals surface area contributed by atoms with Crippen molar-refractivity contribution in [1.29, 1.82) is 0 Å². The van der Waals surface area contributed by atoms with Gasteiger partial charge < -0.3 is 10.1 Å².